The lowest BCUT2D eigenvalue weighted by atomic mass is 10.1. The van der Waals surface area contributed by atoms with Crippen LogP contribution in [-0.4, -0.2) is 23.9 Å². The van der Waals surface area contributed by atoms with Crippen molar-refractivity contribution in [2.75, 3.05) is 6.61 Å². The lowest BCUT2D eigenvalue weighted by Gasteiger charge is -2.12. The molecule has 0 saturated carbocycles. The van der Waals surface area contributed by atoms with Crippen molar-refractivity contribution in [3.05, 3.63) is 64.2 Å². The molecule has 1 atom stereocenters. The molecule has 0 radical (unpaired) electrons. The number of aryl methyl sites for hydroxylation is 2. The average Bonchev–Trinajstić information content (AvgIpc) is 3.30. The second-order valence-electron chi connectivity index (χ2n) is 7.69. The van der Waals surface area contributed by atoms with Gasteiger partial charge in [0.05, 0.1) is 12.3 Å². The molecule has 1 aliphatic rings. The quantitative estimate of drug-likeness (QED) is 0.380. The van der Waals surface area contributed by atoms with Crippen molar-refractivity contribution < 1.29 is 32.2 Å². The van der Waals surface area contributed by atoms with Gasteiger partial charge in [-0.25, -0.2) is 4.98 Å². The summed E-state index contributed by atoms with van der Waals surface area (Å²) in [5, 5.41) is 0.732. The fourth-order valence-electron chi connectivity index (χ4n) is 3.82. The van der Waals surface area contributed by atoms with Crippen LogP contribution in [0.15, 0.2) is 42.5 Å². The third-order valence-electron chi connectivity index (χ3n) is 5.28. The van der Waals surface area contributed by atoms with Crippen LogP contribution in [0.2, 0.25) is 0 Å². The number of carbonyl (C=O) groups excluding carboxylic acids is 1. The molecular weight excluding hydrogens is 455 g/mol. The summed E-state index contributed by atoms with van der Waals surface area (Å²) < 4.78 is 52.2. The van der Waals surface area contributed by atoms with E-state index in [9.17, 15) is 18.0 Å². The van der Waals surface area contributed by atoms with Crippen LogP contribution in [0.5, 0.6) is 11.5 Å². The Morgan fingerprint density at radius 3 is 2.58 bits per heavy atom. The highest BCUT2D eigenvalue weighted by Gasteiger charge is 2.31. The molecule has 3 aromatic rings. The van der Waals surface area contributed by atoms with E-state index in [-0.39, 0.29) is 17.8 Å². The molecule has 0 fully saturated rings. The number of halogens is 3. The zero-order valence-corrected chi connectivity index (χ0v) is 18.9. The number of esters is 1. The molecule has 1 unspecified atom stereocenters. The summed E-state index contributed by atoms with van der Waals surface area (Å²) >= 11 is 1.48. The lowest BCUT2D eigenvalue weighted by Crippen LogP contribution is -2.16. The molecule has 0 bridgehead atoms. The number of fused-ring (bicyclic) bond motifs is 1. The molecule has 0 spiro atoms. The van der Waals surface area contributed by atoms with Gasteiger partial charge in [0.1, 0.15) is 22.6 Å². The van der Waals surface area contributed by atoms with Gasteiger partial charge in [-0.3, -0.25) is 4.79 Å². The van der Waals surface area contributed by atoms with Gasteiger partial charge in [-0.2, -0.15) is 0 Å². The highest BCUT2D eigenvalue weighted by atomic mass is 32.1. The van der Waals surface area contributed by atoms with Gasteiger partial charge in [0.25, 0.3) is 0 Å². The molecule has 1 heterocycles. The van der Waals surface area contributed by atoms with Gasteiger partial charge in [0, 0.05) is 23.8 Å². The first kappa shape index (κ1) is 23.1. The van der Waals surface area contributed by atoms with E-state index >= 15 is 0 Å². The number of alkyl halides is 3. The minimum atomic E-state index is -4.71. The molecule has 0 amide bonds. The lowest BCUT2D eigenvalue weighted by molar-refractivity contribution is -0.274. The summed E-state index contributed by atoms with van der Waals surface area (Å²) in [4.78, 5) is 16.9. The number of ether oxygens (including phenoxy) is 3. The van der Waals surface area contributed by atoms with E-state index in [4.69, 9.17) is 9.47 Å². The first-order valence-corrected chi connectivity index (χ1v) is 11.2. The van der Waals surface area contributed by atoms with Crippen LogP contribution in [0, 0.1) is 6.92 Å². The summed E-state index contributed by atoms with van der Waals surface area (Å²) in [5.41, 5.74) is 3.78. The fraction of sp³-hybridized carbons (Fsp3) is 0.333. The third-order valence-corrected chi connectivity index (χ3v) is 6.34. The number of rotatable bonds is 7. The predicted octanol–water partition coefficient (Wildman–Crippen LogP) is 6.19. The maximum atomic E-state index is 12.3. The van der Waals surface area contributed by atoms with Crippen LogP contribution in [0.25, 0.3) is 10.6 Å². The molecular formula is C24H22F3NO4S. The van der Waals surface area contributed by atoms with E-state index in [1.165, 1.54) is 30.4 Å². The summed E-state index contributed by atoms with van der Waals surface area (Å²) in [6.45, 7) is 3.81. The molecule has 9 heteroatoms. The monoisotopic (exact) mass is 477 g/mol. The number of benzene rings is 2. The maximum Gasteiger partial charge on any atom is 0.573 e. The van der Waals surface area contributed by atoms with Crippen molar-refractivity contribution in [1.82, 2.24) is 4.98 Å². The van der Waals surface area contributed by atoms with Crippen molar-refractivity contribution >= 4 is 17.3 Å². The summed E-state index contributed by atoms with van der Waals surface area (Å²) in [6.07, 6.45) is -2.68. The van der Waals surface area contributed by atoms with Crippen LogP contribution < -0.4 is 9.47 Å². The van der Waals surface area contributed by atoms with Crippen LogP contribution in [0.1, 0.15) is 41.1 Å². The molecule has 2 aromatic carbocycles. The molecule has 0 saturated heterocycles. The molecule has 1 aromatic heterocycles. The van der Waals surface area contributed by atoms with Gasteiger partial charge < -0.3 is 14.2 Å². The highest BCUT2D eigenvalue weighted by molar-refractivity contribution is 7.15. The second kappa shape index (κ2) is 9.43. The number of hydrogen-bond acceptors (Lipinski definition) is 6. The van der Waals surface area contributed by atoms with E-state index in [0.717, 1.165) is 50.9 Å². The van der Waals surface area contributed by atoms with Crippen molar-refractivity contribution in [2.24, 2.45) is 0 Å². The first-order valence-electron chi connectivity index (χ1n) is 10.4. The Hall–Kier alpha value is -3.07. The Kier molecular flexibility index (Phi) is 6.60. The van der Waals surface area contributed by atoms with Crippen LogP contribution in [0.3, 0.4) is 0 Å². The van der Waals surface area contributed by atoms with Crippen LogP contribution in [0.4, 0.5) is 13.2 Å². The zero-order valence-electron chi connectivity index (χ0n) is 18.1. The number of thiazole rings is 1. The molecule has 5 nitrogen and oxygen atoms in total. The standard InChI is InChI=1S/C24H22F3NO4S/c1-14-21(28-23(33-14)16-3-6-18(7-4-16)32-24(25,26)27)11-12-30-19-8-9-20-17(13-19)5-10-22(20)31-15(2)29/h3-4,6-9,13,22H,5,10-12H2,1-2H3. The fourth-order valence-corrected chi connectivity index (χ4v) is 4.78. The summed E-state index contributed by atoms with van der Waals surface area (Å²) in [6, 6.07) is 11.5. The van der Waals surface area contributed by atoms with E-state index in [1.807, 2.05) is 25.1 Å². The van der Waals surface area contributed by atoms with Crippen molar-refractivity contribution in [3.63, 3.8) is 0 Å². The smallest absolute Gasteiger partial charge is 0.493 e. The number of carbonyl (C=O) groups is 1. The van der Waals surface area contributed by atoms with Crippen molar-refractivity contribution in [3.8, 4) is 22.1 Å². The Bertz CT molecular complexity index is 1140. The van der Waals surface area contributed by atoms with Crippen LogP contribution in [-0.2, 0) is 22.4 Å². The van der Waals surface area contributed by atoms with Gasteiger partial charge in [-0.15, -0.1) is 24.5 Å². The first-order chi connectivity index (χ1) is 15.7. The van der Waals surface area contributed by atoms with E-state index in [0.29, 0.717) is 13.0 Å². The van der Waals surface area contributed by atoms with E-state index in [2.05, 4.69) is 9.72 Å². The average molecular weight is 478 g/mol. The molecule has 0 N–H and O–H groups in total. The van der Waals surface area contributed by atoms with Crippen LogP contribution >= 0.6 is 11.3 Å². The van der Waals surface area contributed by atoms with Crippen molar-refractivity contribution in [2.45, 2.75) is 45.6 Å². The van der Waals surface area contributed by atoms with Gasteiger partial charge in [0.15, 0.2) is 0 Å². The predicted molar refractivity (Wildman–Crippen MR) is 117 cm³/mol. The normalized spacial score (nSPS) is 15.2. The zero-order chi connectivity index (χ0) is 23.6. The van der Waals surface area contributed by atoms with Gasteiger partial charge in [0.2, 0.25) is 0 Å². The Balaban J connectivity index is 1.35. The number of hydrogen-bond donors (Lipinski definition) is 0. The second-order valence-corrected chi connectivity index (χ2v) is 8.89. The molecule has 1 aliphatic carbocycles. The summed E-state index contributed by atoms with van der Waals surface area (Å²) in [7, 11) is 0. The SMILES string of the molecule is CC(=O)OC1CCc2cc(OCCc3nc(-c4ccc(OC(F)(F)F)cc4)sc3C)ccc21. The Labute approximate surface area is 193 Å². The van der Waals surface area contributed by atoms with E-state index < -0.39 is 6.36 Å². The van der Waals surface area contributed by atoms with Crippen molar-refractivity contribution in [1.29, 1.82) is 0 Å². The minimum absolute atomic E-state index is 0.184. The largest absolute Gasteiger partial charge is 0.573 e. The Morgan fingerprint density at radius 1 is 1.15 bits per heavy atom. The molecule has 174 valence electrons. The van der Waals surface area contributed by atoms with Gasteiger partial charge in [-0.1, -0.05) is 6.07 Å². The van der Waals surface area contributed by atoms with Gasteiger partial charge in [-0.05, 0) is 67.3 Å². The minimum Gasteiger partial charge on any atom is -0.493 e. The third kappa shape index (κ3) is 5.84. The number of nitrogens with zero attached hydrogens (tertiary/aromatic N) is 1. The highest BCUT2D eigenvalue weighted by Crippen LogP contribution is 2.36. The molecule has 33 heavy (non-hydrogen) atoms. The van der Waals surface area contributed by atoms with Gasteiger partial charge >= 0.3 is 12.3 Å². The Morgan fingerprint density at radius 2 is 1.88 bits per heavy atom. The topological polar surface area (TPSA) is 57.7 Å². The van der Waals surface area contributed by atoms with E-state index in [1.54, 1.807) is 12.1 Å². The number of aromatic nitrogens is 1. The summed E-state index contributed by atoms with van der Waals surface area (Å²) in [5.74, 6) is 0.212. The molecule has 0 aliphatic heterocycles. The maximum absolute atomic E-state index is 12.3. The molecule has 4 rings (SSSR count).